The highest BCUT2D eigenvalue weighted by molar-refractivity contribution is 5.97. The van der Waals surface area contributed by atoms with Crippen molar-refractivity contribution in [3.05, 3.63) is 41.4 Å². The number of imidazole rings is 1. The summed E-state index contributed by atoms with van der Waals surface area (Å²) in [7, 11) is 0. The van der Waals surface area contributed by atoms with E-state index in [9.17, 15) is 4.79 Å². The molecule has 1 aliphatic rings. The minimum Gasteiger partial charge on any atom is -0.466 e. The van der Waals surface area contributed by atoms with E-state index in [0.717, 1.165) is 48.6 Å². The maximum absolute atomic E-state index is 12.8. The molecule has 1 amide bonds. The van der Waals surface area contributed by atoms with Crippen LogP contribution in [0.3, 0.4) is 0 Å². The number of hydrogen-bond donors (Lipinski definition) is 0. The molecule has 21 heavy (non-hydrogen) atoms. The number of likely N-dealkylation sites (tertiary alicyclic amines) is 1. The largest absolute Gasteiger partial charge is 0.466 e. The average molecular weight is 287 g/mol. The topological polar surface area (TPSA) is 51.3 Å². The third-order valence-electron chi connectivity index (χ3n) is 4.41. The number of furan rings is 1. The molecule has 1 fully saturated rings. The van der Waals surface area contributed by atoms with Crippen LogP contribution in [0.15, 0.2) is 23.1 Å². The van der Waals surface area contributed by atoms with Crippen molar-refractivity contribution in [2.24, 2.45) is 0 Å². The van der Waals surface area contributed by atoms with Crippen molar-refractivity contribution in [3.8, 4) is 0 Å². The van der Waals surface area contributed by atoms with Crippen molar-refractivity contribution in [1.29, 1.82) is 0 Å². The predicted octanol–water partition coefficient (Wildman–Crippen LogP) is 2.88. The van der Waals surface area contributed by atoms with E-state index in [1.165, 1.54) is 0 Å². The minimum absolute atomic E-state index is 0.0895. The molecular weight excluding hydrogens is 266 g/mol. The van der Waals surface area contributed by atoms with Crippen LogP contribution in [0.25, 0.3) is 0 Å². The molecule has 2 aromatic heterocycles. The SMILES string of the molecule is Cc1oc(C)c(C(=O)N2CCCC(n3ccnc3)C2)c1C. The molecule has 5 nitrogen and oxygen atoms in total. The van der Waals surface area contributed by atoms with Gasteiger partial charge in [0, 0.05) is 31.0 Å². The third kappa shape index (κ3) is 2.48. The first-order valence-electron chi connectivity index (χ1n) is 7.41. The first kappa shape index (κ1) is 13.9. The van der Waals surface area contributed by atoms with Crippen LogP contribution in [0.4, 0.5) is 0 Å². The van der Waals surface area contributed by atoms with Gasteiger partial charge in [0.15, 0.2) is 0 Å². The van der Waals surface area contributed by atoms with Crippen LogP contribution in [0.1, 0.15) is 46.3 Å². The third-order valence-corrected chi connectivity index (χ3v) is 4.41. The summed E-state index contributed by atoms with van der Waals surface area (Å²) in [6.45, 7) is 7.27. The summed E-state index contributed by atoms with van der Waals surface area (Å²) in [5.74, 6) is 1.64. The fourth-order valence-electron chi connectivity index (χ4n) is 3.13. The van der Waals surface area contributed by atoms with E-state index in [1.807, 2.05) is 38.2 Å². The summed E-state index contributed by atoms with van der Waals surface area (Å²) in [5, 5.41) is 0. The molecular formula is C16H21N3O2. The van der Waals surface area contributed by atoms with Gasteiger partial charge in [-0.05, 0) is 33.6 Å². The van der Waals surface area contributed by atoms with Crippen LogP contribution in [-0.2, 0) is 0 Å². The summed E-state index contributed by atoms with van der Waals surface area (Å²) in [5.41, 5.74) is 1.70. The Morgan fingerprint density at radius 3 is 2.76 bits per heavy atom. The van der Waals surface area contributed by atoms with Crippen LogP contribution in [-0.4, -0.2) is 33.4 Å². The van der Waals surface area contributed by atoms with Gasteiger partial charge in [-0.3, -0.25) is 4.79 Å². The number of rotatable bonds is 2. The fourth-order valence-corrected chi connectivity index (χ4v) is 3.13. The lowest BCUT2D eigenvalue weighted by Crippen LogP contribution is -2.40. The van der Waals surface area contributed by atoms with Crippen LogP contribution in [0.5, 0.6) is 0 Å². The molecule has 0 spiro atoms. The maximum Gasteiger partial charge on any atom is 0.257 e. The first-order valence-corrected chi connectivity index (χ1v) is 7.41. The van der Waals surface area contributed by atoms with Gasteiger partial charge in [0.1, 0.15) is 11.5 Å². The summed E-state index contributed by atoms with van der Waals surface area (Å²) in [6, 6.07) is 0.318. The van der Waals surface area contributed by atoms with Gasteiger partial charge in [-0.2, -0.15) is 0 Å². The van der Waals surface area contributed by atoms with E-state index in [-0.39, 0.29) is 5.91 Å². The van der Waals surface area contributed by atoms with Crippen molar-refractivity contribution < 1.29 is 9.21 Å². The molecule has 2 aromatic rings. The van der Waals surface area contributed by atoms with Crippen molar-refractivity contribution in [2.75, 3.05) is 13.1 Å². The normalized spacial score (nSPS) is 19.0. The van der Waals surface area contributed by atoms with Crippen molar-refractivity contribution in [3.63, 3.8) is 0 Å². The van der Waals surface area contributed by atoms with E-state index in [4.69, 9.17) is 4.42 Å². The van der Waals surface area contributed by atoms with E-state index in [0.29, 0.717) is 6.04 Å². The molecule has 0 aliphatic carbocycles. The second-order valence-corrected chi connectivity index (χ2v) is 5.77. The predicted molar refractivity (Wildman–Crippen MR) is 79.3 cm³/mol. The highest BCUT2D eigenvalue weighted by atomic mass is 16.3. The van der Waals surface area contributed by atoms with Gasteiger partial charge >= 0.3 is 0 Å². The standard InChI is InChI=1S/C16H21N3O2/c1-11-12(2)21-13(3)15(11)16(20)18-7-4-5-14(9-18)19-8-6-17-10-19/h6,8,10,14H,4-5,7,9H2,1-3H3. The van der Waals surface area contributed by atoms with E-state index >= 15 is 0 Å². The van der Waals surface area contributed by atoms with Gasteiger partial charge < -0.3 is 13.9 Å². The van der Waals surface area contributed by atoms with Gasteiger partial charge in [-0.1, -0.05) is 0 Å². The second-order valence-electron chi connectivity index (χ2n) is 5.77. The number of piperidine rings is 1. The minimum atomic E-state index is 0.0895. The van der Waals surface area contributed by atoms with Crippen molar-refractivity contribution in [2.45, 2.75) is 39.7 Å². The zero-order chi connectivity index (χ0) is 15.0. The quantitative estimate of drug-likeness (QED) is 0.853. The molecule has 112 valence electrons. The number of aromatic nitrogens is 2. The molecule has 1 saturated heterocycles. The van der Waals surface area contributed by atoms with Gasteiger partial charge in [-0.15, -0.1) is 0 Å². The lowest BCUT2D eigenvalue weighted by atomic mass is 10.0. The molecule has 1 aliphatic heterocycles. The number of carbonyl (C=O) groups is 1. The Morgan fingerprint density at radius 1 is 1.33 bits per heavy atom. The number of aryl methyl sites for hydroxylation is 2. The molecule has 5 heteroatoms. The van der Waals surface area contributed by atoms with Crippen LogP contribution in [0.2, 0.25) is 0 Å². The van der Waals surface area contributed by atoms with Gasteiger partial charge in [0.05, 0.1) is 17.9 Å². The summed E-state index contributed by atoms with van der Waals surface area (Å²) in [4.78, 5) is 18.9. The van der Waals surface area contributed by atoms with Gasteiger partial charge in [-0.25, -0.2) is 4.98 Å². The Bertz CT molecular complexity index is 643. The second kappa shape index (κ2) is 5.39. The van der Waals surface area contributed by atoms with Crippen LogP contribution < -0.4 is 0 Å². The summed E-state index contributed by atoms with van der Waals surface area (Å²) < 4.78 is 7.69. The molecule has 3 rings (SSSR count). The van der Waals surface area contributed by atoms with Crippen LogP contribution in [0, 0.1) is 20.8 Å². The molecule has 0 saturated carbocycles. The van der Waals surface area contributed by atoms with Gasteiger partial charge in [0.2, 0.25) is 0 Å². The van der Waals surface area contributed by atoms with E-state index in [1.54, 1.807) is 6.20 Å². The fraction of sp³-hybridized carbons (Fsp3) is 0.500. The van der Waals surface area contributed by atoms with Crippen molar-refractivity contribution in [1.82, 2.24) is 14.5 Å². The zero-order valence-electron chi connectivity index (χ0n) is 12.8. The number of hydrogen-bond acceptors (Lipinski definition) is 3. The highest BCUT2D eigenvalue weighted by Crippen LogP contribution is 2.26. The summed E-state index contributed by atoms with van der Waals surface area (Å²) >= 11 is 0. The van der Waals surface area contributed by atoms with E-state index < -0.39 is 0 Å². The number of carbonyl (C=O) groups excluding carboxylic acids is 1. The lowest BCUT2D eigenvalue weighted by molar-refractivity contribution is 0.0677. The number of nitrogens with zero attached hydrogens (tertiary/aromatic N) is 3. The Balaban J connectivity index is 1.81. The zero-order valence-corrected chi connectivity index (χ0v) is 12.8. The van der Waals surface area contributed by atoms with Crippen molar-refractivity contribution >= 4 is 5.91 Å². The van der Waals surface area contributed by atoms with Gasteiger partial charge in [0.25, 0.3) is 5.91 Å². The Labute approximate surface area is 124 Å². The Kier molecular flexibility index (Phi) is 3.57. The van der Waals surface area contributed by atoms with Crippen LogP contribution >= 0.6 is 0 Å². The Morgan fingerprint density at radius 2 is 2.14 bits per heavy atom. The molecule has 3 heterocycles. The molecule has 0 aromatic carbocycles. The maximum atomic E-state index is 12.8. The smallest absolute Gasteiger partial charge is 0.257 e. The first-order chi connectivity index (χ1) is 10.1. The van der Waals surface area contributed by atoms with E-state index in [2.05, 4.69) is 9.55 Å². The summed E-state index contributed by atoms with van der Waals surface area (Å²) in [6.07, 6.45) is 7.69. The molecule has 1 unspecified atom stereocenters. The number of amides is 1. The molecule has 1 atom stereocenters. The highest BCUT2D eigenvalue weighted by Gasteiger charge is 2.28. The lowest BCUT2D eigenvalue weighted by Gasteiger charge is -2.33. The monoisotopic (exact) mass is 287 g/mol. The molecule has 0 radical (unpaired) electrons. The molecule has 0 N–H and O–H groups in total. The Hall–Kier alpha value is -2.04. The average Bonchev–Trinajstić information content (AvgIpc) is 3.08. The molecule has 0 bridgehead atoms.